The van der Waals surface area contributed by atoms with Crippen LogP contribution >= 0.6 is 0 Å². The molecule has 316 valence electrons. The molecule has 0 heterocycles. The van der Waals surface area contributed by atoms with Crippen molar-refractivity contribution in [2.75, 3.05) is 6.61 Å². The number of carbonyl (C=O) groups is 1. The Labute approximate surface area is 334 Å². The van der Waals surface area contributed by atoms with Crippen molar-refractivity contribution >= 4 is 5.91 Å². The van der Waals surface area contributed by atoms with E-state index in [2.05, 4.69) is 67.8 Å². The van der Waals surface area contributed by atoms with E-state index in [0.717, 1.165) is 51.4 Å². The summed E-state index contributed by atoms with van der Waals surface area (Å²) in [6.07, 6.45) is 51.6. The fourth-order valence-electron chi connectivity index (χ4n) is 6.78. The van der Waals surface area contributed by atoms with Crippen LogP contribution in [0.15, 0.2) is 48.6 Å². The van der Waals surface area contributed by atoms with Gasteiger partial charge in [0.25, 0.3) is 0 Å². The van der Waals surface area contributed by atoms with Gasteiger partial charge in [-0.3, -0.25) is 4.79 Å². The van der Waals surface area contributed by atoms with Crippen molar-refractivity contribution in [3.8, 4) is 0 Å². The number of rotatable bonds is 41. The lowest BCUT2D eigenvalue weighted by atomic mass is 10.00. The summed E-state index contributed by atoms with van der Waals surface area (Å²) in [4.78, 5) is 12.5. The van der Waals surface area contributed by atoms with Crippen molar-refractivity contribution in [2.45, 2.75) is 244 Å². The number of amides is 1. The van der Waals surface area contributed by atoms with Gasteiger partial charge in [-0.2, -0.15) is 0 Å². The van der Waals surface area contributed by atoms with Gasteiger partial charge in [-0.1, -0.05) is 178 Å². The van der Waals surface area contributed by atoms with Crippen LogP contribution < -0.4 is 5.32 Å². The quantitative estimate of drug-likeness (QED) is 0.0315. The van der Waals surface area contributed by atoms with E-state index in [-0.39, 0.29) is 0 Å². The Morgan fingerprint density at radius 1 is 0.444 bits per heavy atom. The van der Waals surface area contributed by atoms with Gasteiger partial charge in [0.2, 0.25) is 5.91 Å². The second-order valence-corrected chi connectivity index (χ2v) is 15.7. The first kappa shape index (κ1) is 52.3. The maximum Gasteiger partial charge on any atom is 0.249 e. The molecule has 0 aromatic carbocycles. The number of aliphatic hydroxyl groups is 4. The van der Waals surface area contributed by atoms with Gasteiger partial charge in [0.15, 0.2) is 0 Å². The molecule has 6 nitrogen and oxygen atoms in total. The van der Waals surface area contributed by atoms with Crippen molar-refractivity contribution in [2.24, 2.45) is 0 Å². The largest absolute Gasteiger partial charge is 0.394 e. The van der Waals surface area contributed by atoms with Gasteiger partial charge < -0.3 is 25.7 Å². The Morgan fingerprint density at radius 3 is 1.17 bits per heavy atom. The summed E-state index contributed by atoms with van der Waals surface area (Å²) in [5.74, 6) is -0.618. The zero-order valence-electron chi connectivity index (χ0n) is 35.5. The second kappa shape index (κ2) is 42.4. The number of nitrogens with one attached hydrogen (secondary N) is 1. The van der Waals surface area contributed by atoms with Crippen LogP contribution in [0.2, 0.25) is 0 Å². The van der Waals surface area contributed by atoms with Crippen molar-refractivity contribution in [3.05, 3.63) is 48.6 Å². The highest BCUT2D eigenvalue weighted by Gasteiger charge is 2.28. The minimum atomic E-state index is -1.30. The highest BCUT2D eigenvalue weighted by molar-refractivity contribution is 5.80. The third kappa shape index (κ3) is 35.9. The maximum atomic E-state index is 12.5. The lowest BCUT2D eigenvalue weighted by molar-refractivity contribution is -0.132. The van der Waals surface area contributed by atoms with Crippen molar-refractivity contribution < 1.29 is 25.2 Å². The first-order valence-electron chi connectivity index (χ1n) is 23.0. The molecular weight excluding hydrogens is 671 g/mol. The molecule has 0 aromatic heterocycles. The summed E-state index contributed by atoms with van der Waals surface area (Å²) in [6, 6.07) is -1.02. The molecule has 54 heavy (non-hydrogen) atoms. The third-order valence-electron chi connectivity index (χ3n) is 10.5. The minimum Gasteiger partial charge on any atom is -0.394 e. The summed E-state index contributed by atoms with van der Waals surface area (Å²) >= 11 is 0. The fourth-order valence-corrected chi connectivity index (χ4v) is 6.78. The normalized spacial score (nSPS) is 14.6. The molecule has 0 aliphatic rings. The molecule has 0 aromatic rings. The van der Waals surface area contributed by atoms with Gasteiger partial charge >= 0.3 is 0 Å². The Kier molecular flexibility index (Phi) is 41.1. The molecule has 1 amide bonds. The van der Waals surface area contributed by atoms with Gasteiger partial charge in [-0.15, -0.1) is 0 Å². The molecule has 0 saturated heterocycles. The Bertz CT molecular complexity index is 900. The molecule has 0 aliphatic heterocycles. The summed E-state index contributed by atoms with van der Waals surface area (Å²) in [7, 11) is 0. The Hall–Kier alpha value is -1.73. The maximum absolute atomic E-state index is 12.5. The van der Waals surface area contributed by atoms with Gasteiger partial charge in [0.05, 0.1) is 18.8 Å². The van der Waals surface area contributed by atoms with E-state index in [4.69, 9.17) is 0 Å². The molecule has 0 bridgehead atoms. The fraction of sp³-hybridized carbons (Fsp3) is 0.812. The van der Waals surface area contributed by atoms with Crippen LogP contribution in [0.1, 0.15) is 219 Å². The Balaban J connectivity index is 3.80. The van der Waals surface area contributed by atoms with Gasteiger partial charge in [-0.05, 0) is 89.9 Å². The molecule has 5 N–H and O–H groups in total. The standard InChI is InChI=1S/C48H89NO5/c1-3-5-7-9-11-13-15-17-18-19-20-21-22-23-24-25-26-27-28-29-30-32-33-35-37-39-41-45(51)47(53)44(43-50)49-48(54)46(52)42-40-38-36-34-31-16-14-12-10-8-6-4-2/h24-25,28-29,31,33-35,44-47,50-53H,3-23,26-27,30,32,36-43H2,1-2H3,(H,49,54)/b25-24+,29-28+,34-31-,35-33+. The summed E-state index contributed by atoms with van der Waals surface area (Å²) in [5.41, 5.74) is 0. The van der Waals surface area contributed by atoms with Gasteiger partial charge in [0.1, 0.15) is 12.2 Å². The molecular formula is C48H89NO5. The molecule has 0 saturated carbocycles. The van der Waals surface area contributed by atoms with E-state index < -0.39 is 36.9 Å². The smallest absolute Gasteiger partial charge is 0.249 e. The van der Waals surface area contributed by atoms with Crippen molar-refractivity contribution in [1.82, 2.24) is 5.32 Å². The molecule has 0 rings (SSSR count). The first-order chi connectivity index (χ1) is 26.5. The number of allylic oxidation sites excluding steroid dienone is 8. The van der Waals surface area contributed by atoms with E-state index in [1.165, 1.54) is 128 Å². The summed E-state index contributed by atoms with van der Waals surface area (Å²) in [5, 5.41) is 43.6. The predicted molar refractivity (Wildman–Crippen MR) is 233 cm³/mol. The summed E-state index contributed by atoms with van der Waals surface area (Å²) < 4.78 is 0. The molecule has 4 unspecified atom stereocenters. The van der Waals surface area contributed by atoms with E-state index in [1.54, 1.807) is 0 Å². The predicted octanol–water partition coefficient (Wildman–Crippen LogP) is 12.3. The van der Waals surface area contributed by atoms with E-state index in [1.807, 2.05) is 0 Å². The minimum absolute atomic E-state index is 0.326. The lowest BCUT2D eigenvalue weighted by Crippen LogP contribution is -2.53. The molecule has 0 aliphatic carbocycles. The van der Waals surface area contributed by atoms with Crippen LogP contribution in [-0.4, -0.2) is 57.3 Å². The molecule has 6 heteroatoms. The highest BCUT2D eigenvalue weighted by Crippen LogP contribution is 2.14. The van der Waals surface area contributed by atoms with Crippen LogP contribution in [0.5, 0.6) is 0 Å². The Morgan fingerprint density at radius 2 is 0.778 bits per heavy atom. The topological polar surface area (TPSA) is 110 Å². The van der Waals surface area contributed by atoms with Gasteiger partial charge in [0, 0.05) is 0 Å². The van der Waals surface area contributed by atoms with Crippen molar-refractivity contribution in [1.29, 1.82) is 0 Å². The van der Waals surface area contributed by atoms with Crippen LogP contribution in [0.25, 0.3) is 0 Å². The van der Waals surface area contributed by atoms with E-state index >= 15 is 0 Å². The SMILES string of the molecule is CCCCCCCC/C=C\CCCCC(O)C(=O)NC(CO)C(O)C(O)CCC/C=C/CC/C=C/CC/C=C/CCCCCCCCCCCCCCC. The third-order valence-corrected chi connectivity index (χ3v) is 10.5. The van der Waals surface area contributed by atoms with Crippen LogP contribution in [-0.2, 0) is 4.79 Å². The first-order valence-corrected chi connectivity index (χ1v) is 23.0. The average molecular weight is 760 g/mol. The number of hydrogen-bond donors (Lipinski definition) is 5. The van der Waals surface area contributed by atoms with Crippen LogP contribution in [0.3, 0.4) is 0 Å². The number of hydrogen-bond acceptors (Lipinski definition) is 5. The van der Waals surface area contributed by atoms with Crippen molar-refractivity contribution in [3.63, 3.8) is 0 Å². The lowest BCUT2D eigenvalue weighted by Gasteiger charge is -2.27. The zero-order valence-corrected chi connectivity index (χ0v) is 35.5. The number of carbonyl (C=O) groups excluding carboxylic acids is 1. The van der Waals surface area contributed by atoms with Crippen LogP contribution in [0.4, 0.5) is 0 Å². The number of aliphatic hydroxyl groups excluding tert-OH is 4. The summed E-state index contributed by atoms with van der Waals surface area (Å²) in [6.45, 7) is 4.01. The molecule has 0 radical (unpaired) electrons. The van der Waals surface area contributed by atoms with E-state index in [9.17, 15) is 25.2 Å². The monoisotopic (exact) mass is 760 g/mol. The highest BCUT2D eigenvalue weighted by atomic mass is 16.3. The van der Waals surface area contributed by atoms with Crippen LogP contribution in [0, 0.1) is 0 Å². The number of unbranched alkanes of at least 4 members (excludes halogenated alkanes) is 24. The second-order valence-electron chi connectivity index (χ2n) is 15.7. The zero-order chi connectivity index (χ0) is 39.6. The average Bonchev–Trinajstić information content (AvgIpc) is 3.18. The van der Waals surface area contributed by atoms with Gasteiger partial charge in [-0.25, -0.2) is 0 Å². The molecule has 0 spiro atoms. The van der Waals surface area contributed by atoms with E-state index in [0.29, 0.717) is 25.7 Å². The molecule has 0 fully saturated rings. The molecule has 4 atom stereocenters.